The van der Waals surface area contributed by atoms with Crippen molar-refractivity contribution in [2.24, 2.45) is 5.41 Å². The molecular formula is C17H28ClN. The number of nitrogens with one attached hydrogen (secondary N) is 1. The molecule has 0 fully saturated rings. The van der Waals surface area contributed by atoms with Gasteiger partial charge in [0.2, 0.25) is 0 Å². The minimum atomic E-state index is 0.285. The number of rotatable bonds is 5. The molecule has 0 radical (unpaired) electrons. The number of hydrogen-bond donors (Lipinski definition) is 1. The number of aryl methyl sites for hydroxylation is 2. The van der Waals surface area contributed by atoms with Gasteiger partial charge in [0.1, 0.15) is 0 Å². The standard InChI is InChI=1S/C17H28ClN/c1-7-8-19-16(11-17(4,5)6)14-9-12(2)13(3)10-15(14)18/h9-10,16,19H,7-8,11H2,1-6H3. The van der Waals surface area contributed by atoms with E-state index in [0.29, 0.717) is 6.04 Å². The molecule has 0 amide bonds. The molecule has 2 heteroatoms. The van der Waals surface area contributed by atoms with Gasteiger partial charge in [0.15, 0.2) is 0 Å². The maximum Gasteiger partial charge on any atom is 0.0456 e. The summed E-state index contributed by atoms with van der Waals surface area (Å²) in [6.07, 6.45) is 2.23. The molecule has 108 valence electrons. The largest absolute Gasteiger partial charge is 0.310 e. The zero-order valence-corrected chi connectivity index (χ0v) is 14.0. The van der Waals surface area contributed by atoms with Crippen LogP contribution in [0.25, 0.3) is 0 Å². The average molecular weight is 282 g/mol. The summed E-state index contributed by atoms with van der Waals surface area (Å²) in [4.78, 5) is 0. The van der Waals surface area contributed by atoms with E-state index in [1.165, 1.54) is 16.7 Å². The van der Waals surface area contributed by atoms with Gasteiger partial charge in [-0.1, -0.05) is 45.4 Å². The summed E-state index contributed by atoms with van der Waals surface area (Å²) < 4.78 is 0. The SMILES string of the molecule is CCCNC(CC(C)(C)C)c1cc(C)c(C)cc1Cl. The van der Waals surface area contributed by atoms with Gasteiger partial charge in [-0.15, -0.1) is 0 Å². The van der Waals surface area contributed by atoms with Crippen molar-refractivity contribution in [2.75, 3.05) is 6.54 Å². The van der Waals surface area contributed by atoms with Crippen LogP contribution in [0.3, 0.4) is 0 Å². The van der Waals surface area contributed by atoms with Gasteiger partial charge in [0.25, 0.3) is 0 Å². The van der Waals surface area contributed by atoms with E-state index < -0.39 is 0 Å². The first-order chi connectivity index (χ1) is 8.74. The molecule has 0 aliphatic rings. The number of halogens is 1. The maximum atomic E-state index is 6.46. The molecule has 1 aromatic carbocycles. The second-order valence-electron chi connectivity index (χ2n) is 6.73. The molecule has 1 atom stereocenters. The van der Waals surface area contributed by atoms with Crippen molar-refractivity contribution in [2.45, 2.75) is 60.4 Å². The van der Waals surface area contributed by atoms with E-state index in [2.05, 4.69) is 59.0 Å². The van der Waals surface area contributed by atoms with Crippen LogP contribution < -0.4 is 5.32 Å². The van der Waals surface area contributed by atoms with Gasteiger partial charge in [0.05, 0.1) is 0 Å². The summed E-state index contributed by atoms with van der Waals surface area (Å²) >= 11 is 6.46. The Balaban J connectivity index is 3.06. The molecule has 1 aromatic rings. The lowest BCUT2D eigenvalue weighted by atomic mass is 9.84. The molecule has 0 bridgehead atoms. The highest BCUT2D eigenvalue weighted by molar-refractivity contribution is 6.31. The second-order valence-corrected chi connectivity index (χ2v) is 7.14. The van der Waals surface area contributed by atoms with Crippen LogP contribution in [0.5, 0.6) is 0 Å². The zero-order valence-electron chi connectivity index (χ0n) is 13.2. The summed E-state index contributed by atoms with van der Waals surface area (Å²) in [5, 5.41) is 4.54. The van der Waals surface area contributed by atoms with Crippen molar-refractivity contribution in [3.05, 3.63) is 33.8 Å². The van der Waals surface area contributed by atoms with Gasteiger partial charge in [-0.3, -0.25) is 0 Å². The Hall–Kier alpha value is -0.530. The fraction of sp³-hybridized carbons (Fsp3) is 0.647. The van der Waals surface area contributed by atoms with E-state index in [1.807, 2.05) is 0 Å². The smallest absolute Gasteiger partial charge is 0.0456 e. The van der Waals surface area contributed by atoms with E-state index in [4.69, 9.17) is 11.6 Å². The number of benzene rings is 1. The highest BCUT2D eigenvalue weighted by atomic mass is 35.5. The Labute approximate surface area is 123 Å². The van der Waals surface area contributed by atoms with Gasteiger partial charge >= 0.3 is 0 Å². The molecule has 0 heterocycles. The molecule has 0 aliphatic carbocycles. The van der Waals surface area contributed by atoms with E-state index in [0.717, 1.165) is 24.4 Å². The Morgan fingerprint density at radius 2 is 1.74 bits per heavy atom. The lowest BCUT2D eigenvalue weighted by Gasteiger charge is -2.28. The first-order valence-electron chi connectivity index (χ1n) is 7.24. The second kappa shape index (κ2) is 6.76. The van der Waals surface area contributed by atoms with Crippen molar-refractivity contribution in [3.8, 4) is 0 Å². The summed E-state index contributed by atoms with van der Waals surface area (Å²) in [7, 11) is 0. The predicted molar refractivity (Wildman–Crippen MR) is 86.0 cm³/mol. The molecule has 0 aromatic heterocycles. The summed E-state index contributed by atoms with van der Waals surface area (Å²) in [5.74, 6) is 0. The van der Waals surface area contributed by atoms with Crippen molar-refractivity contribution < 1.29 is 0 Å². The normalized spacial score (nSPS) is 13.6. The van der Waals surface area contributed by atoms with Crippen LogP contribution in [-0.4, -0.2) is 6.54 Å². The monoisotopic (exact) mass is 281 g/mol. The van der Waals surface area contributed by atoms with Gasteiger partial charge in [-0.25, -0.2) is 0 Å². The number of hydrogen-bond acceptors (Lipinski definition) is 1. The van der Waals surface area contributed by atoms with Crippen molar-refractivity contribution >= 4 is 11.6 Å². The van der Waals surface area contributed by atoms with Gasteiger partial charge in [-0.05, 0) is 61.4 Å². The van der Waals surface area contributed by atoms with Crippen LogP contribution in [0.1, 0.15) is 63.3 Å². The fourth-order valence-electron chi connectivity index (χ4n) is 2.29. The maximum absolute atomic E-state index is 6.46. The van der Waals surface area contributed by atoms with Crippen LogP contribution in [0, 0.1) is 19.3 Å². The zero-order chi connectivity index (χ0) is 14.6. The Kier molecular flexibility index (Phi) is 5.88. The van der Waals surface area contributed by atoms with Gasteiger partial charge in [-0.2, -0.15) is 0 Å². The van der Waals surface area contributed by atoms with Crippen molar-refractivity contribution in [1.29, 1.82) is 0 Å². The highest BCUT2D eigenvalue weighted by Gasteiger charge is 2.22. The van der Waals surface area contributed by atoms with Crippen LogP contribution >= 0.6 is 11.6 Å². The molecule has 0 spiro atoms. The lowest BCUT2D eigenvalue weighted by Crippen LogP contribution is -2.26. The molecule has 0 saturated heterocycles. The molecular weight excluding hydrogens is 254 g/mol. The predicted octanol–water partition coefficient (Wildman–Crippen LogP) is 5.43. The minimum Gasteiger partial charge on any atom is -0.310 e. The molecule has 0 saturated carbocycles. The van der Waals surface area contributed by atoms with Crippen LogP contribution in [0.4, 0.5) is 0 Å². The van der Waals surface area contributed by atoms with E-state index >= 15 is 0 Å². The minimum absolute atomic E-state index is 0.285. The third-order valence-electron chi connectivity index (χ3n) is 3.45. The fourth-order valence-corrected chi connectivity index (χ4v) is 2.64. The Bertz CT molecular complexity index is 418. The van der Waals surface area contributed by atoms with E-state index in [1.54, 1.807) is 0 Å². The molecule has 19 heavy (non-hydrogen) atoms. The lowest BCUT2D eigenvalue weighted by molar-refractivity contribution is 0.311. The highest BCUT2D eigenvalue weighted by Crippen LogP contribution is 2.34. The van der Waals surface area contributed by atoms with Crippen LogP contribution in [0.15, 0.2) is 12.1 Å². The van der Waals surface area contributed by atoms with E-state index in [9.17, 15) is 0 Å². The third kappa shape index (κ3) is 5.16. The quantitative estimate of drug-likeness (QED) is 0.758. The Morgan fingerprint density at radius 1 is 1.16 bits per heavy atom. The molecule has 1 rings (SSSR count). The molecule has 0 aliphatic heterocycles. The van der Waals surface area contributed by atoms with Crippen LogP contribution in [-0.2, 0) is 0 Å². The van der Waals surface area contributed by atoms with Gasteiger partial charge < -0.3 is 5.32 Å². The molecule has 1 N–H and O–H groups in total. The van der Waals surface area contributed by atoms with Crippen molar-refractivity contribution in [3.63, 3.8) is 0 Å². The first-order valence-corrected chi connectivity index (χ1v) is 7.62. The summed E-state index contributed by atoms with van der Waals surface area (Å²) in [5.41, 5.74) is 4.11. The van der Waals surface area contributed by atoms with Crippen LogP contribution in [0.2, 0.25) is 5.02 Å². The first kappa shape index (κ1) is 16.5. The molecule has 1 nitrogen and oxygen atoms in total. The topological polar surface area (TPSA) is 12.0 Å². The molecule has 1 unspecified atom stereocenters. The van der Waals surface area contributed by atoms with E-state index in [-0.39, 0.29) is 5.41 Å². The summed E-state index contributed by atoms with van der Waals surface area (Å²) in [6.45, 7) is 14.3. The third-order valence-corrected chi connectivity index (χ3v) is 3.77. The summed E-state index contributed by atoms with van der Waals surface area (Å²) in [6, 6.07) is 4.68. The Morgan fingerprint density at radius 3 is 2.26 bits per heavy atom. The van der Waals surface area contributed by atoms with Gasteiger partial charge in [0, 0.05) is 11.1 Å². The van der Waals surface area contributed by atoms with Crippen molar-refractivity contribution in [1.82, 2.24) is 5.32 Å². The average Bonchev–Trinajstić information content (AvgIpc) is 2.28.